The van der Waals surface area contributed by atoms with Gasteiger partial charge in [0, 0.05) is 11.6 Å². The van der Waals surface area contributed by atoms with E-state index in [4.69, 9.17) is 5.73 Å². The minimum atomic E-state index is -4.29. The average molecular weight is 282 g/mol. The summed E-state index contributed by atoms with van der Waals surface area (Å²) in [7, 11) is 1.29. The number of hydrogen-bond acceptors (Lipinski definition) is 2. The third kappa shape index (κ3) is 5.12. The van der Waals surface area contributed by atoms with Crippen LogP contribution in [-0.2, 0) is 0 Å². The lowest BCUT2D eigenvalue weighted by Gasteiger charge is -2.21. The van der Waals surface area contributed by atoms with Gasteiger partial charge < -0.3 is 5.73 Å². The second kappa shape index (κ2) is 6.29. The molecule has 0 amide bonds. The number of hydrogen-bond donors (Lipinski definition) is 1. The SMILES string of the molecule is CN(CCC(N)c1cccc(F)c1F)CC(F)(F)F. The molecule has 7 heteroatoms. The van der Waals surface area contributed by atoms with Crippen molar-refractivity contribution >= 4 is 0 Å². The molecule has 1 atom stereocenters. The van der Waals surface area contributed by atoms with Crippen molar-refractivity contribution in [1.29, 1.82) is 0 Å². The van der Waals surface area contributed by atoms with E-state index in [2.05, 4.69) is 0 Å². The zero-order valence-corrected chi connectivity index (χ0v) is 10.3. The highest BCUT2D eigenvalue weighted by atomic mass is 19.4. The van der Waals surface area contributed by atoms with Crippen molar-refractivity contribution in [2.45, 2.75) is 18.6 Å². The van der Waals surface area contributed by atoms with Crippen molar-refractivity contribution in [1.82, 2.24) is 4.90 Å². The van der Waals surface area contributed by atoms with E-state index in [0.29, 0.717) is 0 Å². The molecular weight excluding hydrogens is 267 g/mol. The van der Waals surface area contributed by atoms with Gasteiger partial charge in [0.05, 0.1) is 6.54 Å². The summed E-state index contributed by atoms with van der Waals surface area (Å²) < 4.78 is 62.6. The topological polar surface area (TPSA) is 29.3 Å². The molecule has 0 saturated carbocycles. The van der Waals surface area contributed by atoms with Crippen molar-refractivity contribution in [3.8, 4) is 0 Å². The Morgan fingerprint density at radius 1 is 1.26 bits per heavy atom. The van der Waals surface area contributed by atoms with Gasteiger partial charge in [0.1, 0.15) is 0 Å². The van der Waals surface area contributed by atoms with Crippen LogP contribution in [0.2, 0.25) is 0 Å². The van der Waals surface area contributed by atoms with Gasteiger partial charge in [-0.05, 0) is 26.1 Å². The first-order chi connectivity index (χ1) is 8.70. The van der Waals surface area contributed by atoms with Crippen LogP contribution in [0.3, 0.4) is 0 Å². The van der Waals surface area contributed by atoms with Crippen molar-refractivity contribution < 1.29 is 22.0 Å². The highest BCUT2D eigenvalue weighted by Crippen LogP contribution is 2.21. The largest absolute Gasteiger partial charge is 0.401 e. The summed E-state index contributed by atoms with van der Waals surface area (Å²) in [5, 5.41) is 0. The van der Waals surface area contributed by atoms with Gasteiger partial charge in [0.25, 0.3) is 0 Å². The van der Waals surface area contributed by atoms with Gasteiger partial charge in [-0.1, -0.05) is 12.1 Å². The lowest BCUT2D eigenvalue weighted by atomic mass is 10.0. The average Bonchev–Trinajstić information content (AvgIpc) is 2.27. The molecule has 0 aliphatic carbocycles. The maximum atomic E-state index is 13.4. The molecule has 0 heterocycles. The Morgan fingerprint density at radius 3 is 2.47 bits per heavy atom. The molecule has 1 aromatic rings. The van der Waals surface area contributed by atoms with E-state index in [1.54, 1.807) is 0 Å². The summed E-state index contributed by atoms with van der Waals surface area (Å²) >= 11 is 0. The third-order valence-electron chi connectivity index (χ3n) is 2.65. The van der Waals surface area contributed by atoms with E-state index in [1.807, 2.05) is 0 Å². The summed E-state index contributed by atoms with van der Waals surface area (Å²) in [5.74, 6) is -2.06. The Kier molecular flexibility index (Phi) is 5.25. The Bertz CT molecular complexity index is 419. The summed E-state index contributed by atoms with van der Waals surface area (Å²) in [4.78, 5) is 1.04. The highest BCUT2D eigenvalue weighted by molar-refractivity contribution is 5.22. The van der Waals surface area contributed by atoms with Crippen LogP contribution in [0.1, 0.15) is 18.0 Å². The van der Waals surface area contributed by atoms with Crippen LogP contribution in [0.25, 0.3) is 0 Å². The molecule has 0 radical (unpaired) electrons. The molecule has 0 fully saturated rings. The van der Waals surface area contributed by atoms with E-state index in [-0.39, 0.29) is 18.5 Å². The fourth-order valence-electron chi connectivity index (χ4n) is 1.71. The van der Waals surface area contributed by atoms with E-state index in [0.717, 1.165) is 11.0 Å². The molecule has 0 spiro atoms. The van der Waals surface area contributed by atoms with Crippen molar-refractivity contribution in [2.75, 3.05) is 20.1 Å². The van der Waals surface area contributed by atoms with Gasteiger partial charge >= 0.3 is 6.18 Å². The van der Waals surface area contributed by atoms with Gasteiger partial charge in [-0.15, -0.1) is 0 Å². The predicted octanol–water partition coefficient (Wildman–Crippen LogP) is 2.85. The second-order valence-electron chi connectivity index (χ2n) is 4.39. The summed E-state index contributed by atoms with van der Waals surface area (Å²) in [5.41, 5.74) is 5.63. The molecular formula is C12H15F5N2. The normalized spacial score (nSPS) is 13.9. The van der Waals surface area contributed by atoms with Crippen molar-refractivity contribution in [3.05, 3.63) is 35.4 Å². The first-order valence-electron chi connectivity index (χ1n) is 5.65. The predicted molar refractivity (Wildman–Crippen MR) is 61.5 cm³/mol. The standard InChI is InChI=1S/C12H15F5N2/c1-19(7-12(15,16)17)6-5-10(18)8-3-2-4-9(13)11(8)14/h2-4,10H,5-7,18H2,1H3. The molecule has 1 rings (SSSR count). The Balaban J connectivity index is 2.56. The molecule has 2 nitrogen and oxygen atoms in total. The number of halogens is 5. The fraction of sp³-hybridized carbons (Fsp3) is 0.500. The first kappa shape index (κ1) is 15.8. The van der Waals surface area contributed by atoms with Gasteiger partial charge in [-0.3, -0.25) is 4.90 Å². The van der Waals surface area contributed by atoms with E-state index >= 15 is 0 Å². The molecule has 1 aromatic carbocycles. The Labute approximate surface area is 108 Å². The number of rotatable bonds is 5. The van der Waals surface area contributed by atoms with Crippen LogP contribution >= 0.6 is 0 Å². The van der Waals surface area contributed by atoms with Crippen LogP contribution in [0.4, 0.5) is 22.0 Å². The van der Waals surface area contributed by atoms with Gasteiger partial charge in [-0.2, -0.15) is 13.2 Å². The van der Waals surface area contributed by atoms with Crippen LogP contribution in [0.5, 0.6) is 0 Å². The zero-order valence-electron chi connectivity index (χ0n) is 10.3. The Hall–Kier alpha value is -1.21. The fourth-order valence-corrected chi connectivity index (χ4v) is 1.71. The lowest BCUT2D eigenvalue weighted by molar-refractivity contribution is -0.143. The van der Waals surface area contributed by atoms with E-state index < -0.39 is 30.4 Å². The van der Waals surface area contributed by atoms with E-state index in [9.17, 15) is 22.0 Å². The quantitative estimate of drug-likeness (QED) is 0.841. The van der Waals surface area contributed by atoms with Crippen LogP contribution in [0, 0.1) is 11.6 Å². The number of nitrogens with zero attached hydrogens (tertiary/aromatic N) is 1. The van der Waals surface area contributed by atoms with E-state index in [1.165, 1.54) is 19.2 Å². The van der Waals surface area contributed by atoms with Crippen LogP contribution in [-0.4, -0.2) is 31.2 Å². The highest BCUT2D eigenvalue weighted by Gasteiger charge is 2.29. The Morgan fingerprint density at radius 2 is 1.89 bits per heavy atom. The third-order valence-corrected chi connectivity index (χ3v) is 2.65. The number of alkyl halides is 3. The summed E-state index contributed by atoms with van der Waals surface area (Å²) in [6, 6.07) is 2.76. The maximum Gasteiger partial charge on any atom is 0.401 e. The molecule has 0 aliphatic rings. The number of nitrogens with two attached hydrogens (primary N) is 1. The molecule has 0 aromatic heterocycles. The number of benzene rings is 1. The lowest BCUT2D eigenvalue weighted by Crippen LogP contribution is -2.33. The van der Waals surface area contributed by atoms with Gasteiger partial charge in [0.15, 0.2) is 11.6 Å². The smallest absolute Gasteiger partial charge is 0.324 e. The summed E-state index contributed by atoms with van der Waals surface area (Å²) in [6.07, 6.45) is -4.18. The molecule has 19 heavy (non-hydrogen) atoms. The van der Waals surface area contributed by atoms with Gasteiger partial charge in [-0.25, -0.2) is 8.78 Å². The molecule has 2 N–H and O–H groups in total. The molecule has 1 unspecified atom stereocenters. The molecule has 0 aliphatic heterocycles. The summed E-state index contributed by atoms with van der Waals surface area (Å²) in [6.45, 7) is -1.03. The minimum absolute atomic E-state index is 0.0274. The van der Waals surface area contributed by atoms with Crippen molar-refractivity contribution in [3.63, 3.8) is 0 Å². The van der Waals surface area contributed by atoms with Gasteiger partial charge in [0.2, 0.25) is 0 Å². The van der Waals surface area contributed by atoms with Crippen LogP contribution < -0.4 is 5.73 Å². The molecule has 108 valence electrons. The second-order valence-corrected chi connectivity index (χ2v) is 4.39. The zero-order chi connectivity index (χ0) is 14.6. The van der Waals surface area contributed by atoms with Crippen LogP contribution in [0.15, 0.2) is 18.2 Å². The monoisotopic (exact) mass is 282 g/mol. The first-order valence-corrected chi connectivity index (χ1v) is 5.65. The van der Waals surface area contributed by atoms with Crippen molar-refractivity contribution in [2.24, 2.45) is 5.73 Å². The minimum Gasteiger partial charge on any atom is -0.324 e. The maximum absolute atomic E-state index is 13.4. The molecule has 0 saturated heterocycles. The molecule has 0 bridgehead atoms.